The lowest BCUT2D eigenvalue weighted by Gasteiger charge is -2.21. The molecule has 0 aliphatic rings. The Balaban J connectivity index is 2.06. The molecule has 0 bridgehead atoms. The largest absolute Gasteiger partial charge is 0.479 e. The number of aliphatic carboxylic acids is 1. The van der Waals surface area contributed by atoms with Crippen LogP contribution in [0.25, 0.3) is 0 Å². The van der Waals surface area contributed by atoms with E-state index < -0.39 is 18.1 Å². The molecule has 0 spiro atoms. The Morgan fingerprint density at radius 1 is 1.05 bits per heavy atom. The van der Waals surface area contributed by atoms with Crippen LogP contribution >= 0.6 is 0 Å². The van der Waals surface area contributed by atoms with E-state index in [9.17, 15) is 9.90 Å². The minimum atomic E-state index is -1.07. The number of nitrogens with two attached hydrogens (primary N) is 1. The second-order valence-corrected chi connectivity index (χ2v) is 4.49. The second-order valence-electron chi connectivity index (χ2n) is 4.49. The van der Waals surface area contributed by atoms with E-state index in [-0.39, 0.29) is 6.61 Å². The molecule has 0 amide bonds. The molecular weight excluding hydrogens is 254 g/mol. The normalized spacial score (nSPS) is 13.7. The van der Waals surface area contributed by atoms with Crippen LogP contribution in [0.2, 0.25) is 0 Å². The maximum absolute atomic E-state index is 11.3. The van der Waals surface area contributed by atoms with Gasteiger partial charge in [-0.1, -0.05) is 60.7 Å². The van der Waals surface area contributed by atoms with Crippen LogP contribution in [0.5, 0.6) is 0 Å². The summed E-state index contributed by atoms with van der Waals surface area (Å²) in [6.45, 7) is 0.221. The Bertz CT molecular complexity index is 542. The fourth-order valence-electron chi connectivity index (χ4n) is 1.94. The molecule has 2 rings (SSSR count). The predicted molar refractivity (Wildman–Crippen MR) is 76.0 cm³/mol. The van der Waals surface area contributed by atoms with Gasteiger partial charge in [0.05, 0.1) is 12.6 Å². The molecule has 3 N–H and O–H groups in total. The lowest BCUT2D eigenvalue weighted by Crippen LogP contribution is -2.35. The van der Waals surface area contributed by atoms with Crippen LogP contribution in [0.4, 0.5) is 0 Å². The third-order valence-corrected chi connectivity index (χ3v) is 3.03. The van der Waals surface area contributed by atoms with Gasteiger partial charge in [-0.2, -0.15) is 0 Å². The van der Waals surface area contributed by atoms with Crippen LogP contribution in [-0.4, -0.2) is 17.2 Å². The average molecular weight is 271 g/mol. The van der Waals surface area contributed by atoms with E-state index in [1.54, 1.807) is 12.1 Å². The standard InChI is InChI=1S/C16H17NO3/c17-14(13-9-5-2-6-10-13)15(16(18)19)20-11-12-7-3-1-4-8-12/h1-10,14-15H,11,17H2,(H,18,19)/t14-,15+/m0/s1. The first kappa shape index (κ1) is 14.2. The van der Waals surface area contributed by atoms with Gasteiger partial charge in [0.2, 0.25) is 0 Å². The first-order valence-corrected chi connectivity index (χ1v) is 6.37. The lowest BCUT2D eigenvalue weighted by molar-refractivity contribution is -0.152. The topological polar surface area (TPSA) is 72.5 Å². The van der Waals surface area contributed by atoms with E-state index >= 15 is 0 Å². The van der Waals surface area contributed by atoms with Gasteiger partial charge in [-0.05, 0) is 11.1 Å². The van der Waals surface area contributed by atoms with E-state index in [0.29, 0.717) is 0 Å². The molecule has 0 aliphatic carbocycles. The van der Waals surface area contributed by atoms with Crippen molar-refractivity contribution >= 4 is 5.97 Å². The van der Waals surface area contributed by atoms with Crippen molar-refractivity contribution in [1.29, 1.82) is 0 Å². The second kappa shape index (κ2) is 6.84. The van der Waals surface area contributed by atoms with Crippen molar-refractivity contribution in [2.45, 2.75) is 18.8 Å². The van der Waals surface area contributed by atoms with Crippen molar-refractivity contribution in [3.8, 4) is 0 Å². The highest BCUT2D eigenvalue weighted by Crippen LogP contribution is 2.18. The zero-order chi connectivity index (χ0) is 14.4. The number of carboxylic acid groups (broad SMARTS) is 1. The molecule has 0 fully saturated rings. The van der Waals surface area contributed by atoms with Gasteiger partial charge in [-0.25, -0.2) is 4.79 Å². The molecule has 0 aromatic heterocycles. The van der Waals surface area contributed by atoms with E-state index in [2.05, 4.69) is 0 Å². The summed E-state index contributed by atoms with van der Waals surface area (Å²) in [6.07, 6.45) is -1.07. The van der Waals surface area contributed by atoms with Crippen molar-refractivity contribution in [2.75, 3.05) is 0 Å². The van der Waals surface area contributed by atoms with Gasteiger partial charge in [0.15, 0.2) is 6.10 Å². The van der Waals surface area contributed by atoms with E-state index in [0.717, 1.165) is 11.1 Å². The first-order chi connectivity index (χ1) is 9.68. The molecule has 4 heteroatoms. The maximum Gasteiger partial charge on any atom is 0.334 e. The minimum absolute atomic E-state index is 0.221. The SMILES string of the molecule is N[C@@H](c1ccccc1)[C@@H](OCc1ccccc1)C(=O)O. The number of benzene rings is 2. The van der Waals surface area contributed by atoms with Crippen molar-refractivity contribution in [3.63, 3.8) is 0 Å². The summed E-state index contributed by atoms with van der Waals surface area (Å²) in [5.74, 6) is -1.06. The number of hydrogen-bond acceptors (Lipinski definition) is 3. The van der Waals surface area contributed by atoms with Crippen molar-refractivity contribution in [2.24, 2.45) is 5.73 Å². The van der Waals surface area contributed by atoms with Gasteiger partial charge in [0.1, 0.15) is 0 Å². The molecule has 0 unspecified atom stereocenters. The summed E-state index contributed by atoms with van der Waals surface area (Å²) < 4.78 is 5.48. The molecule has 2 atom stereocenters. The summed E-state index contributed by atoms with van der Waals surface area (Å²) >= 11 is 0. The summed E-state index contributed by atoms with van der Waals surface area (Å²) in [5, 5.41) is 9.28. The molecule has 4 nitrogen and oxygen atoms in total. The number of rotatable bonds is 6. The summed E-state index contributed by atoms with van der Waals surface area (Å²) in [6, 6.07) is 17.8. The van der Waals surface area contributed by atoms with Gasteiger partial charge < -0.3 is 15.6 Å². The molecule has 2 aromatic rings. The molecule has 0 aliphatic heterocycles. The van der Waals surface area contributed by atoms with Crippen molar-refractivity contribution in [1.82, 2.24) is 0 Å². The third-order valence-electron chi connectivity index (χ3n) is 3.03. The molecule has 20 heavy (non-hydrogen) atoms. The van der Waals surface area contributed by atoms with Crippen molar-refractivity contribution < 1.29 is 14.6 Å². The Morgan fingerprint density at radius 3 is 2.15 bits per heavy atom. The van der Waals surface area contributed by atoms with Crippen LogP contribution < -0.4 is 5.73 Å². The Hall–Kier alpha value is -2.17. The fourth-order valence-corrected chi connectivity index (χ4v) is 1.94. The smallest absolute Gasteiger partial charge is 0.334 e. The average Bonchev–Trinajstić information content (AvgIpc) is 2.49. The summed E-state index contributed by atoms with van der Waals surface area (Å²) in [4.78, 5) is 11.3. The maximum atomic E-state index is 11.3. The monoisotopic (exact) mass is 271 g/mol. The van der Waals surface area contributed by atoms with Gasteiger partial charge in [-0.3, -0.25) is 0 Å². The highest BCUT2D eigenvalue weighted by Gasteiger charge is 2.27. The number of hydrogen-bond donors (Lipinski definition) is 2. The van der Waals surface area contributed by atoms with Crippen LogP contribution in [0.1, 0.15) is 17.2 Å². The number of ether oxygens (including phenoxy) is 1. The van der Waals surface area contributed by atoms with E-state index in [1.807, 2.05) is 48.5 Å². The number of carboxylic acids is 1. The third kappa shape index (κ3) is 3.66. The molecule has 2 aromatic carbocycles. The Morgan fingerprint density at radius 2 is 1.60 bits per heavy atom. The highest BCUT2D eigenvalue weighted by molar-refractivity contribution is 5.73. The predicted octanol–water partition coefficient (Wildman–Crippen LogP) is 2.36. The highest BCUT2D eigenvalue weighted by atomic mass is 16.5. The molecule has 0 heterocycles. The van der Waals surface area contributed by atoms with Gasteiger partial charge in [0, 0.05) is 0 Å². The zero-order valence-electron chi connectivity index (χ0n) is 11.0. The van der Waals surface area contributed by atoms with Gasteiger partial charge in [-0.15, -0.1) is 0 Å². The van der Waals surface area contributed by atoms with Crippen molar-refractivity contribution in [3.05, 3.63) is 71.8 Å². The number of carbonyl (C=O) groups is 1. The van der Waals surface area contributed by atoms with E-state index in [4.69, 9.17) is 10.5 Å². The molecule has 104 valence electrons. The Kier molecular flexibility index (Phi) is 4.87. The summed E-state index contributed by atoms with van der Waals surface area (Å²) in [5.41, 5.74) is 7.66. The quantitative estimate of drug-likeness (QED) is 0.846. The lowest BCUT2D eigenvalue weighted by atomic mass is 10.0. The fraction of sp³-hybridized carbons (Fsp3) is 0.188. The first-order valence-electron chi connectivity index (χ1n) is 6.37. The Labute approximate surface area is 117 Å². The molecular formula is C16H17NO3. The van der Waals surface area contributed by atoms with E-state index in [1.165, 1.54) is 0 Å². The molecule has 0 saturated carbocycles. The zero-order valence-corrected chi connectivity index (χ0v) is 11.0. The minimum Gasteiger partial charge on any atom is -0.479 e. The van der Waals surface area contributed by atoms with Gasteiger partial charge in [0.25, 0.3) is 0 Å². The van der Waals surface area contributed by atoms with Crippen LogP contribution in [-0.2, 0) is 16.1 Å². The molecule has 0 radical (unpaired) electrons. The van der Waals surface area contributed by atoms with Crippen LogP contribution in [0.3, 0.4) is 0 Å². The van der Waals surface area contributed by atoms with Crippen LogP contribution in [0.15, 0.2) is 60.7 Å². The van der Waals surface area contributed by atoms with Gasteiger partial charge >= 0.3 is 5.97 Å². The van der Waals surface area contributed by atoms with Crippen LogP contribution in [0, 0.1) is 0 Å². The molecule has 0 saturated heterocycles. The summed E-state index contributed by atoms with van der Waals surface area (Å²) in [7, 11) is 0.